The standard InChI is InChI=1S/C14H18F3NO2/c1-2-18-12-9-20-13-8-10(4-5-11(12)13)19-7-3-6-14(15,16)17/h4-5,8,12,18H,2-3,6-7,9H2,1H3. The number of fused-ring (bicyclic) bond motifs is 1. The summed E-state index contributed by atoms with van der Waals surface area (Å²) in [5.41, 5.74) is 1.06. The average Bonchev–Trinajstić information content (AvgIpc) is 2.77. The molecule has 0 bridgehead atoms. The first kappa shape index (κ1) is 15.0. The van der Waals surface area contributed by atoms with Crippen molar-refractivity contribution < 1.29 is 22.6 Å². The summed E-state index contributed by atoms with van der Waals surface area (Å²) in [6, 6.07) is 5.58. The third-order valence-electron chi connectivity index (χ3n) is 3.09. The molecule has 2 rings (SSSR count). The molecule has 1 aliphatic rings. The molecule has 1 aliphatic heterocycles. The first-order chi connectivity index (χ1) is 9.49. The minimum atomic E-state index is -4.12. The van der Waals surface area contributed by atoms with Crippen molar-refractivity contribution in [3.05, 3.63) is 23.8 Å². The number of ether oxygens (including phenoxy) is 2. The minimum absolute atomic E-state index is 0.0402. The van der Waals surface area contributed by atoms with E-state index in [9.17, 15) is 13.2 Å². The first-order valence-corrected chi connectivity index (χ1v) is 6.69. The monoisotopic (exact) mass is 289 g/mol. The van der Waals surface area contributed by atoms with Crippen molar-refractivity contribution >= 4 is 0 Å². The fourth-order valence-corrected chi connectivity index (χ4v) is 2.16. The van der Waals surface area contributed by atoms with Crippen molar-refractivity contribution in [3.8, 4) is 11.5 Å². The van der Waals surface area contributed by atoms with Crippen molar-refractivity contribution in [1.29, 1.82) is 0 Å². The Bertz CT molecular complexity index is 449. The van der Waals surface area contributed by atoms with Crippen LogP contribution in [-0.2, 0) is 0 Å². The van der Waals surface area contributed by atoms with Crippen molar-refractivity contribution in [2.24, 2.45) is 0 Å². The number of hydrogen-bond acceptors (Lipinski definition) is 3. The van der Waals surface area contributed by atoms with Gasteiger partial charge < -0.3 is 14.8 Å². The maximum atomic E-state index is 12.0. The zero-order chi connectivity index (χ0) is 14.6. The molecule has 0 radical (unpaired) electrons. The highest BCUT2D eigenvalue weighted by molar-refractivity contribution is 5.45. The van der Waals surface area contributed by atoms with Crippen LogP contribution in [-0.4, -0.2) is 25.9 Å². The molecule has 112 valence electrons. The largest absolute Gasteiger partial charge is 0.493 e. The smallest absolute Gasteiger partial charge is 0.389 e. The van der Waals surface area contributed by atoms with Crippen LogP contribution >= 0.6 is 0 Å². The molecule has 1 heterocycles. The molecular weight excluding hydrogens is 271 g/mol. The molecule has 0 fully saturated rings. The summed E-state index contributed by atoms with van der Waals surface area (Å²) in [6.07, 6.45) is -4.98. The van der Waals surface area contributed by atoms with Gasteiger partial charge in [0.05, 0.1) is 12.6 Å². The Kier molecular flexibility index (Phi) is 4.75. The van der Waals surface area contributed by atoms with Gasteiger partial charge in [-0.2, -0.15) is 13.2 Å². The molecule has 0 aromatic heterocycles. The predicted molar refractivity (Wildman–Crippen MR) is 69.1 cm³/mol. The fourth-order valence-electron chi connectivity index (χ4n) is 2.16. The second kappa shape index (κ2) is 6.35. The van der Waals surface area contributed by atoms with Crippen LogP contribution < -0.4 is 14.8 Å². The Morgan fingerprint density at radius 1 is 1.40 bits per heavy atom. The van der Waals surface area contributed by atoms with Crippen molar-refractivity contribution in [2.75, 3.05) is 19.8 Å². The third-order valence-corrected chi connectivity index (χ3v) is 3.09. The van der Waals surface area contributed by atoms with Gasteiger partial charge >= 0.3 is 6.18 Å². The quantitative estimate of drug-likeness (QED) is 0.814. The normalized spacial score (nSPS) is 17.7. The number of alkyl halides is 3. The lowest BCUT2D eigenvalue weighted by Crippen LogP contribution is -2.21. The lowest BCUT2D eigenvalue weighted by atomic mass is 10.1. The number of rotatable bonds is 6. The molecule has 3 nitrogen and oxygen atoms in total. The van der Waals surface area contributed by atoms with E-state index < -0.39 is 12.6 Å². The maximum Gasteiger partial charge on any atom is 0.389 e. The van der Waals surface area contributed by atoms with E-state index in [1.807, 2.05) is 13.0 Å². The fraction of sp³-hybridized carbons (Fsp3) is 0.571. The van der Waals surface area contributed by atoms with Gasteiger partial charge in [0.1, 0.15) is 18.1 Å². The number of halogens is 3. The summed E-state index contributed by atoms with van der Waals surface area (Å²) in [5, 5.41) is 3.30. The van der Waals surface area contributed by atoms with Gasteiger partial charge in [-0.25, -0.2) is 0 Å². The molecule has 1 atom stereocenters. The summed E-state index contributed by atoms with van der Waals surface area (Å²) in [7, 11) is 0. The van der Waals surface area contributed by atoms with Crippen molar-refractivity contribution in [1.82, 2.24) is 5.32 Å². The van der Waals surface area contributed by atoms with Crippen LogP contribution in [0.15, 0.2) is 18.2 Å². The third kappa shape index (κ3) is 4.03. The van der Waals surface area contributed by atoms with Gasteiger partial charge in [-0.1, -0.05) is 6.92 Å². The molecule has 6 heteroatoms. The number of hydrogen-bond donors (Lipinski definition) is 1. The van der Waals surface area contributed by atoms with Crippen LogP contribution in [0.1, 0.15) is 31.4 Å². The molecule has 20 heavy (non-hydrogen) atoms. The van der Waals surface area contributed by atoms with E-state index in [4.69, 9.17) is 9.47 Å². The van der Waals surface area contributed by atoms with Gasteiger partial charge in [0, 0.05) is 18.1 Å². The number of likely N-dealkylation sites (N-methyl/N-ethyl adjacent to an activating group) is 1. The zero-order valence-electron chi connectivity index (χ0n) is 11.3. The van der Waals surface area contributed by atoms with Crippen LogP contribution in [0.4, 0.5) is 13.2 Å². The molecule has 1 aromatic rings. The van der Waals surface area contributed by atoms with Gasteiger partial charge in [0.15, 0.2) is 0 Å². The molecular formula is C14H18F3NO2. The Hall–Kier alpha value is -1.43. The molecule has 1 aromatic carbocycles. The Labute approximate surface area is 116 Å². The second-order valence-electron chi connectivity index (χ2n) is 4.69. The second-order valence-corrected chi connectivity index (χ2v) is 4.69. The minimum Gasteiger partial charge on any atom is -0.493 e. The maximum absolute atomic E-state index is 12.0. The lowest BCUT2D eigenvalue weighted by Gasteiger charge is -2.10. The summed E-state index contributed by atoms with van der Waals surface area (Å²) in [5.74, 6) is 1.28. The molecule has 0 amide bonds. The van der Waals surface area contributed by atoms with Gasteiger partial charge in [0.2, 0.25) is 0 Å². The number of nitrogens with one attached hydrogen (secondary N) is 1. The van der Waals surface area contributed by atoms with E-state index in [2.05, 4.69) is 5.32 Å². The highest BCUT2D eigenvalue weighted by atomic mass is 19.4. The Morgan fingerprint density at radius 2 is 2.20 bits per heavy atom. The predicted octanol–water partition coefficient (Wildman–Crippen LogP) is 3.45. The number of benzene rings is 1. The molecule has 1 unspecified atom stereocenters. The molecule has 0 saturated heterocycles. The van der Waals surface area contributed by atoms with Crippen molar-refractivity contribution in [2.45, 2.75) is 32.0 Å². The van der Waals surface area contributed by atoms with E-state index in [0.29, 0.717) is 12.4 Å². The average molecular weight is 289 g/mol. The van der Waals surface area contributed by atoms with Gasteiger partial charge in [-0.3, -0.25) is 0 Å². The zero-order valence-corrected chi connectivity index (χ0v) is 11.3. The molecule has 0 spiro atoms. The van der Waals surface area contributed by atoms with Crippen LogP contribution in [0.5, 0.6) is 11.5 Å². The van der Waals surface area contributed by atoms with E-state index in [1.165, 1.54) is 0 Å². The van der Waals surface area contributed by atoms with Gasteiger partial charge in [0.25, 0.3) is 0 Å². The van der Waals surface area contributed by atoms with Gasteiger partial charge in [-0.05, 0) is 25.1 Å². The van der Waals surface area contributed by atoms with E-state index in [0.717, 1.165) is 17.9 Å². The Morgan fingerprint density at radius 3 is 2.90 bits per heavy atom. The summed E-state index contributed by atoms with van der Waals surface area (Å²) >= 11 is 0. The lowest BCUT2D eigenvalue weighted by molar-refractivity contribution is -0.136. The SMILES string of the molecule is CCNC1COc2cc(OCCCC(F)(F)F)ccc21. The van der Waals surface area contributed by atoms with E-state index in [1.54, 1.807) is 12.1 Å². The van der Waals surface area contributed by atoms with Crippen LogP contribution in [0, 0.1) is 0 Å². The molecule has 0 aliphatic carbocycles. The summed E-state index contributed by atoms with van der Waals surface area (Å²) in [6.45, 7) is 3.49. The van der Waals surface area contributed by atoms with Crippen LogP contribution in [0.3, 0.4) is 0 Å². The topological polar surface area (TPSA) is 30.5 Å². The molecule has 0 saturated carbocycles. The Balaban J connectivity index is 1.86. The van der Waals surface area contributed by atoms with Crippen LogP contribution in [0.2, 0.25) is 0 Å². The highest BCUT2D eigenvalue weighted by Crippen LogP contribution is 2.35. The van der Waals surface area contributed by atoms with Gasteiger partial charge in [-0.15, -0.1) is 0 Å². The first-order valence-electron chi connectivity index (χ1n) is 6.69. The highest BCUT2D eigenvalue weighted by Gasteiger charge is 2.26. The summed E-state index contributed by atoms with van der Waals surface area (Å²) in [4.78, 5) is 0. The molecule has 1 N–H and O–H groups in total. The van der Waals surface area contributed by atoms with Crippen LogP contribution in [0.25, 0.3) is 0 Å². The summed E-state index contributed by atoms with van der Waals surface area (Å²) < 4.78 is 46.8. The van der Waals surface area contributed by atoms with Crippen molar-refractivity contribution in [3.63, 3.8) is 0 Å². The van der Waals surface area contributed by atoms with E-state index in [-0.39, 0.29) is 19.1 Å². The van der Waals surface area contributed by atoms with E-state index >= 15 is 0 Å².